The molecule has 50 heteroatoms. The van der Waals surface area contributed by atoms with E-state index < -0.39 is 195 Å². The van der Waals surface area contributed by atoms with Gasteiger partial charge in [0, 0.05) is 48.0 Å². The summed E-state index contributed by atoms with van der Waals surface area (Å²) in [7, 11) is 0. The zero-order valence-electron chi connectivity index (χ0n) is 46.7. The monoisotopic (exact) mass is 1270 g/mol. The topological polar surface area (TPSA) is 1160 Å². The third-order valence-corrected chi connectivity index (χ3v) is 7.04. The summed E-state index contributed by atoms with van der Waals surface area (Å²) in [6.45, 7) is 0. The molecule has 0 aliphatic heterocycles. The first-order valence-corrected chi connectivity index (χ1v) is 17.4. The van der Waals surface area contributed by atoms with Crippen LogP contribution in [0.4, 0.5) is 0 Å². The van der Waals surface area contributed by atoms with Crippen LogP contribution in [0.5, 0.6) is 0 Å². The average molecular weight is 1270 g/mol. The third-order valence-electron chi connectivity index (χ3n) is 7.04. The Labute approximate surface area is 471 Å². The van der Waals surface area contributed by atoms with Gasteiger partial charge in [-0.3, -0.25) is 21.3 Å². The minimum Gasteiger partial charge on any atom is -0.550 e. The Morgan fingerprint density at radius 3 is 0.366 bits per heavy atom. The van der Waals surface area contributed by atoms with E-state index in [4.69, 9.17) is 0 Å². The van der Waals surface area contributed by atoms with Crippen LogP contribution in [0, 0.1) is 0 Å². The van der Waals surface area contributed by atoms with Crippen molar-refractivity contribution in [3.63, 3.8) is 0 Å². The van der Waals surface area contributed by atoms with Crippen LogP contribution in [-0.4, -0.2) is 144 Å². The summed E-state index contributed by atoms with van der Waals surface area (Å²) in [6, 6.07) is -16.6. The molecule has 0 amide bonds. The van der Waals surface area contributed by atoms with Gasteiger partial charge in [-0.05, 0) is 51.4 Å². The summed E-state index contributed by atoms with van der Waals surface area (Å²) in [6.07, 6.45) is -5.22. The SMILES string of the molecule is O=C([O-])CC[C@H](NC(C(=O)[O-])C(=O)[O-])C(=O)[O-].O=C([O-])CC[C@H](NC(C(=O)[O-])C(=O)[O-])C(=O)[O-].O=C([O-])CC[C@H](NC(C(=O)[O-])C(=O)[O-])C(=O)[O-].O=C([O-])CC[C@H](NC(C(=O)[O-])C(=O)[O-])C(=O)[O-].[Fe+3].[NH4+].[NH4+].[NH4+].[NH4+].[NH4+].[NH4+].[NH4+].[NH4+].[NH4+].[NH4+].[NH4+].[NH4+].[NH4+]. The third kappa shape index (κ3) is 62.2. The summed E-state index contributed by atoms with van der Waals surface area (Å²) in [5, 5.41) is 171. The van der Waals surface area contributed by atoms with Gasteiger partial charge in [0.1, 0.15) is 0 Å². The van der Waals surface area contributed by atoms with Gasteiger partial charge in [-0.15, -0.1) is 0 Å². The second-order valence-electron chi connectivity index (χ2n) is 12.1. The summed E-state index contributed by atoms with van der Waals surface area (Å²) < 4.78 is 0. The van der Waals surface area contributed by atoms with E-state index in [0.717, 1.165) is 0 Å². The fourth-order valence-corrected chi connectivity index (χ4v) is 3.86. The van der Waals surface area contributed by atoms with E-state index in [0.29, 0.717) is 0 Å². The van der Waals surface area contributed by atoms with Crippen LogP contribution in [0.3, 0.4) is 0 Å². The zero-order valence-corrected chi connectivity index (χ0v) is 47.8. The number of carboxylic acid groups (broad SMARTS) is 16. The van der Waals surface area contributed by atoms with Gasteiger partial charge in [-0.25, -0.2) is 0 Å². The zero-order chi connectivity index (χ0) is 54.3. The van der Waals surface area contributed by atoms with E-state index in [1.165, 1.54) is 0 Å². The van der Waals surface area contributed by atoms with Crippen molar-refractivity contribution in [2.24, 2.45) is 0 Å². The molecule has 56 N–H and O–H groups in total. The number of hydrogen-bond donors (Lipinski definition) is 17. The first-order chi connectivity index (χ1) is 31.0. The predicted octanol–water partition coefficient (Wildman–Crippen LogP) is -22.7. The molecule has 0 aliphatic carbocycles. The second kappa shape index (κ2) is 64.9. The van der Waals surface area contributed by atoms with E-state index in [9.17, 15) is 158 Å². The molecule has 0 fully saturated rings. The van der Waals surface area contributed by atoms with Crippen LogP contribution < -0.4 is 183 Å². The number of hydrogen-bond acceptors (Lipinski definition) is 36. The van der Waals surface area contributed by atoms with Gasteiger partial charge in [-0.1, -0.05) is 0 Å². The quantitative estimate of drug-likeness (QED) is 0.0220. The average Bonchev–Trinajstić information content (AvgIpc) is 3.16. The van der Waals surface area contributed by atoms with Gasteiger partial charge in [0.05, 0.1) is 95.8 Å². The number of carbonyl (C=O) groups is 16. The van der Waals surface area contributed by atoms with Crippen molar-refractivity contribution >= 4 is 95.5 Å². The number of aliphatic carboxylic acids is 16. The Balaban J connectivity index is -0.0000000394. The van der Waals surface area contributed by atoms with Gasteiger partial charge >= 0.3 is 17.1 Å². The number of rotatable bonds is 32. The maximum Gasteiger partial charge on any atom is 3.00 e. The molecule has 0 aliphatic rings. The minimum atomic E-state index is -2.38. The maximum atomic E-state index is 10.5. The Hall–Kier alpha value is -8.64. The van der Waals surface area contributed by atoms with Crippen molar-refractivity contribution in [1.29, 1.82) is 0 Å². The van der Waals surface area contributed by atoms with Crippen molar-refractivity contribution in [3.05, 3.63) is 0 Å². The van der Waals surface area contributed by atoms with Crippen LogP contribution in [0.1, 0.15) is 51.4 Å². The molecule has 0 heterocycles. The Morgan fingerprint density at radius 2 is 0.305 bits per heavy atom. The molecule has 0 aromatic carbocycles. The summed E-state index contributed by atoms with van der Waals surface area (Å²) in [5.41, 5.74) is 0. The number of carbonyl (C=O) groups excluding carboxylic acids is 16. The summed E-state index contributed by atoms with van der Waals surface area (Å²) in [5.74, 6) is -30.5. The maximum absolute atomic E-state index is 10.5. The molecular weight excluding hydrogens is 1190 g/mol. The second-order valence-corrected chi connectivity index (χ2v) is 12.1. The van der Waals surface area contributed by atoms with E-state index in [2.05, 4.69) is 0 Å². The van der Waals surface area contributed by atoms with Crippen molar-refractivity contribution in [3.8, 4) is 0 Å². The summed E-state index contributed by atoms with van der Waals surface area (Å²) >= 11 is 0. The molecule has 0 rings (SSSR count). The van der Waals surface area contributed by atoms with E-state index in [1.54, 1.807) is 21.3 Å². The molecule has 0 unspecified atom stereocenters. The van der Waals surface area contributed by atoms with Crippen molar-refractivity contribution in [2.45, 2.75) is 99.7 Å². The van der Waals surface area contributed by atoms with Crippen LogP contribution in [0.15, 0.2) is 0 Å². The van der Waals surface area contributed by atoms with Gasteiger partial charge in [0.2, 0.25) is 0 Å². The molecule has 0 aromatic rings. The summed E-state index contributed by atoms with van der Waals surface area (Å²) in [4.78, 5) is 165. The van der Waals surface area contributed by atoms with Gasteiger partial charge in [0.15, 0.2) is 0 Å². The molecule has 82 heavy (non-hydrogen) atoms. The standard InChI is InChI=1S/4C8H11NO8.Fe.13H3N/c4*10-4(11)2-1-3(6(12)13)9-5(7(14)15)8(16)17;;;;;;;;;;;;;;/h4*3,5,9H,1-2H2,(H,10,11)(H,12,13)(H,14,15)(H,16,17);;13*1H3/q;;;;+3;;;;;;;;;;;;;/p-3/t4*3-;;;;;;;;;;;;;;/m0000............../s1. The molecule has 1 radical (unpaired) electrons. The fraction of sp³-hybridized carbons (Fsp3) is 0.500. The Morgan fingerprint density at radius 1 is 0.207 bits per heavy atom. The van der Waals surface area contributed by atoms with Crippen LogP contribution >= 0.6 is 0 Å². The van der Waals surface area contributed by atoms with Crippen LogP contribution in [-0.2, 0) is 93.8 Å². The van der Waals surface area contributed by atoms with Crippen LogP contribution in [0.25, 0.3) is 0 Å². The largest absolute Gasteiger partial charge is 3.00 e. The molecule has 0 aromatic heterocycles. The molecule has 49 nitrogen and oxygen atoms in total. The molecule has 0 saturated heterocycles. The first kappa shape index (κ1) is 125. The van der Waals surface area contributed by atoms with Gasteiger partial charge in [0.25, 0.3) is 0 Å². The fourth-order valence-electron chi connectivity index (χ4n) is 3.86. The number of carboxylic acids is 16. The predicted molar refractivity (Wildman–Crippen MR) is 238 cm³/mol. The molecule has 0 spiro atoms. The first-order valence-electron chi connectivity index (χ1n) is 17.4. The molecule has 0 bridgehead atoms. The van der Waals surface area contributed by atoms with Crippen molar-refractivity contribution < 1.29 is 175 Å². The van der Waals surface area contributed by atoms with Gasteiger partial charge in [-0.2, -0.15) is 0 Å². The van der Waals surface area contributed by atoms with E-state index in [-0.39, 0.29) is 97.0 Å². The van der Waals surface area contributed by atoms with E-state index >= 15 is 0 Å². The van der Waals surface area contributed by atoms with Crippen molar-refractivity contribution in [1.82, 2.24) is 101 Å². The van der Waals surface area contributed by atoms with Gasteiger partial charge < -0.3 is 238 Å². The number of quaternary nitrogens is 13. The van der Waals surface area contributed by atoms with Crippen LogP contribution in [0.2, 0.25) is 0 Å². The molecule has 4 atom stereocenters. The molecule has 493 valence electrons. The Bertz CT molecular complexity index is 1610. The normalized spacial score (nSPS) is 10.0. The number of nitrogens with one attached hydrogen (secondary N) is 4. The van der Waals surface area contributed by atoms with E-state index in [1.807, 2.05) is 0 Å². The minimum absolute atomic E-state index is 0. The van der Waals surface area contributed by atoms with Crippen molar-refractivity contribution in [2.75, 3.05) is 0 Å². The Kier molecular flexibility index (Phi) is 99.2. The molecule has 0 saturated carbocycles. The molecular formula is C32H80FeN17O32. The smallest absolute Gasteiger partial charge is 0.550 e.